The van der Waals surface area contributed by atoms with E-state index in [4.69, 9.17) is 15.0 Å². The van der Waals surface area contributed by atoms with Crippen LogP contribution in [0.15, 0.2) is 334 Å². The van der Waals surface area contributed by atoms with Crippen molar-refractivity contribution in [3.8, 4) is 118 Å². The van der Waals surface area contributed by atoms with Crippen LogP contribution in [-0.2, 0) is 10.8 Å². The minimum Gasteiger partial charge on any atom is -0.309 e. The van der Waals surface area contributed by atoms with Crippen molar-refractivity contribution >= 4 is 65.4 Å². The molecule has 0 aliphatic heterocycles. The Balaban J connectivity index is 0.654. The van der Waals surface area contributed by atoms with Gasteiger partial charge in [0.1, 0.15) is 0 Å². The summed E-state index contributed by atoms with van der Waals surface area (Å²) < 4.78 is 7.16. The Kier molecular flexibility index (Phi) is 14.1. The first-order valence-corrected chi connectivity index (χ1v) is 37.7. The second kappa shape index (κ2) is 24.1. The summed E-state index contributed by atoms with van der Waals surface area (Å²) in [6.07, 6.45) is 0. The number of para-hydroxylation sites is 3. The van der Waals surface area contributed by atoms with E-state index in [1.807, 2.05) is 0 Å². The standard InChI is InChI=1S/C102H74N6/c1-62(2)76-50-38-67(56-82(76)63-20-8-7-9-21-63)70-41-53-95-85(59-70)79-24-12-17-29-92(79)106(95)73-44-32-64(33-45-73)98-103-99(65-34-46-74(47-35-65)107-93-30-18-13-25-80(93)86-60-71(42-54-96(86)107)68-39-51-90-83(57-68)77-22-10-15-27-88(77)101(90,3)4)105-100(104-98)66-36-48-75(49-37-66)108-94-31-19-14-26-81(94)87-61-72(43-55-97(87)108)69-40-52-91-84(58-69)78-23-11-16-28-89(78)102(91,5)6/h7-62H,1-6H3. The fourth-order valence-electron chi connectivity index (χ4n) is 18.2. The molecule has 4 heterocycles. The number of nitrogens with zero attached hydrogens (tertiary/aromatic N) is 6. The number of benzene rings is 15. The number of hydrogen-bond acceptors (Lipinski definition) is 3. The molecular weight excluding hydrogens is 1310 g/mol. The predicted octanol–water partition coefficient (Wildman–Crippen LogP) is 26.6. The van der Waals surface area contributed by atoms with Crippen molar-refractivity contribution in [1.82, 2.24) is 28.7 Å². The third-order valence-corrected chi connectivity index (χ3v) is 23.7. The molecule has 0 saturated heterocycles. The molecule has 0 saturated carbocycles. The number of rotatable bonds is 11. The van der Waals surface area contributed by atoms with Crippen molar-refractivity contribution in [2.75, 3.05) is 0 Å². The van der Waals surface area contributed by atoms with Crippen LogP contribution in [0.4, 0.5) is 0 Å². The highest BCUT2D eigenvalue weighted by Gasteiger charge is 2.37. The Bertz CT molecular complexity index is 6370. The molecule has 0 radical (unpaired) electrons. The van der Waals surface area contributed by atoms with E-state index in [1.165, 1.54) is 127 Å². The van der Waals surface area contributed by atoms with E-state index < -0.39 is 0 Å². The quantitative estimate of drug-likeness (QED) is 0.130. The molecule has 512 valence electrons. The minimum atomic E-state index is -0.0503. The SMILES string of the molecule is CC(C)c1ccc(-c2ccc3c(c2)c2ccccc2n3-c2ccc(-c3nc(-c4ccc(-n5c6ccccc6c6cc(-c7ccc8c(c7)-c7ccccc7C8(C)C)ccc65)cc4)nc(-c4ccc(-n5c6ccccc6c6cc(-c7ccc8c(c7)-c7ccccc7C8(C)C)ccc65)cc4)n3)cc2)cc1-c1ccccc1. The average molecular weight is 1380 g/mol. The molecule has 21 rings (SSSR count). The highest BCUT2D eigenvalue weighted by Crippen LogP contribution is 2.52. The van der Waals surface area contributed by atoms with Crippen molar-refractivity contribution in [1.29, 1.82) is 0 Å². The lowest BCUT2D eigenvalue weighted by molar-refractivity contribution is 0.660. The molecule has 0 bridgehead atoms. The molecule has 0 fully saturated rings. The summed E-state index contributed by atoms with van der Waals surface area (Å²) in [5.41, 5.74) is 34.4. The van der Waals surface area contributed by atoms with E-state index in [9.17, 15) is 0 Å². The van der Waals surface area contributed by atoms with Gasteiger partial charge in [0.2, 0.25) is 0 Å². The van der Waals surface area contributed by atoms with E-state index in [-0.39, 0.29) is 10.8 Å². The van der Waals surface area contributed by atoms with Crippen molar-refractivity contribution in [2.45, 2.75) is 58.3 Å². The van der Waals surface area contributed by atoms with Crippen LogP contribution < -0.4 is 0 Å². The van der Waals surface area contributed by atoms with E-state index in [1.54, 1.807) is 0 Å². The fourth-order valence-corrected chi connectivity index (χ4v) is 18.2. The van der Waals surface area contributed by atoms with Gasteiger partial charge in [-0.25, -0.2) is 15.0 Å². The van der Waals surface area contributed by atoms with Gasteiger partial charge < -0.3 is 13.7 Å². The number of aromatic nitrogens is 6. The van der Waals surface area contributed by atoms with Crippen LogP contribution in [-0.4, -0.2) is 28.7 Å². The van der Waals surface area contributed by atoms with Gasteiger partial charge in [-0.15, -0.1) is 0 Å². The molecule has 6 nitrogen and oxygen atoms in total. The topological polar surface area (TPSA) is 53.5 Å². The predicted molar refractivity (Wildman–Crippen MR) is 450 cm³/mol. The normalized spacial score (nSPS) is 13.3. The number of fused-ring (bicyclic) bond motifs is 15. The van der Waals surface area contributed by atoms with Crippen LogP contribution in [0.3, 0.4) is 0 Å². The Morgan fingerprint density at radius 3 is 0.889 bits per heavy atom. The summed E-state index contributed by atoms with van der Waals surface area (Å²) in [6, 6.07) is 123. The minimum absolute atomic E-state index is 0.0503. The highest BCUT2D eigenvalue weighted by atomic mass is 15.0. The van der Waals surface area contributed by atoms with Crippen LogP contribution in [0.25, 0.3) is 183 Å². The van der Waals surface area contributed by atoms with Crippen molar-refractivity contribution in [2.24, 2.45) is 0 Å². The maximum Gasteiger partial charge on any atom is 0.164 e. The van der Waals surface area contributed by atoms with Gasteiger partial charge in [0.05, 0.1) is 33.1 Å². The molecule has 2 aliphatic carbocycles. The Hall–Kier alpha value is -13.3. The van der Waals surface area contributed by atoms with Crippen molar-refractivity contribution in [3.05, 3.63) is 361 Å². The summed E-state index contributed by atoms with van der Waals surface area (Å²) in [5.74, 6) is 2.15. The highest BCUT2D eigenvalue weighted by molar-refractivity contribution is 6.13. The Labute approximate surface area is 627 Å². The molecule has 0 unspecified atom stereocenters. The van der Waals surface area contributed by atoms with Gasteiger partial charge in [-0.2, -0.15) is 0 Å². The molecule has 0 atom stereocenters. The lowest BCUT2D eigenvalue weighted by Crippen LogP contribution is -2.14. The first kappa shape index (κ1) is 63.2. The molecule has 4 aromatic heterocycles. The molecule has 19 aromatic rings. The number of hydrogen-bond donors (Lipinski definition) is 0. The maximum atomic E-state index is 5.39. The van der Waals surface area contributed by atoms with Crippen LogP contribution in [0.1, 0.15) is 75.3 Å². The van der Waals surface area contributed by atoms with Gasteiger partial charge in [-0.3, -0.25) is 0 Å². The first-order valence-electron chi connectivity index (χ1n) is 37.7. The van der Waals surface area contributed by atoms with Gasteiger partial charge in [0, 0.05) is 76.9 Å². The lowest BCUT2D eigenvalue weighted by Gasteiger charge is -2.21. The van der Waals surface area contributed by atoms with Gasteiger partial charge >= 0.3 is 0 Å². The first-order chi connectivity index (χ1) is 52.9. The zero-order chi connectivity index (χ0) is 72.3. The van der Waals surface area contributed by atoms with E-state index >= 15 is 0 Å². The third-order valence-electron chi connectivity index (χ3n) is 23.7. The van der Waals surface area contributed by atoms with E-state index in [0.717, 1.165) is 66.9 Å². The molecule has 0 amide bonds. The molecule has 6 heteroatoms. The monoisotopic (exact) mass is 1380 g/mol. The van der Waals surface area contributed by atoms with Crippen LogP contribution in [0.5, 0.6) is 0 Å². The van der Waals surface area contributed by atoms with E-state index in [0.29, 0.717) is 23.4 Å². The Morgan fingerprint density at radius 1 is 0.222 bits per heavy atom. The van der Waals surface area contributed by atoms with Gasteiger partial charge in [-0.05, 0) is 246 Å². The fraction of sp³-hybridized carbons (Fsp3) is 0.0882. The molecule has 2 aliphatic rings. The van der Waals surface area contributed by atoms with Gasteiger partial charge in [0.25, 0.3) is 0 Å². The second-order valence-corrected chi connectivity index (χ2v) is 30.9. The lowest BCUT2D eigenvalue weighted by atomic mass is 9.82. The largest absolute Gasteiger partial charge is 0.309 e. The van der Waals surface area contributed by atoms with Crippen LogP contribution in [0, 0.1) is 0 Å². The molecule has 15 aromatic carbocycles. The molecule has 108 heavy (non-hydrogen) atoms. The van der Waals surface area contributed by atoms with Crippen LogP contribution >= 0.6 is 0 Å². The van der Waals surface area contributed by atoms with Crippen molar-refractivity contribution in [3.63, 3.8) is 0 Å². The summed E-state index contributed by atoms with van der Waals surface area (Å²) in [7, 11) is 0. The Morgan fingerprint density at radius 2 is 0.509 bits per heavy atom. The molecule has 0 spiro atoms. The van der Waals surface area contributed by atoms with E-state index in [2.05, 4.69) is 389 Å². The molecular formula is C102H74N6. The van der Waals surface area contributed by atoms with Crippen molar-refractivity contribution < 1.29 is 0 Å². The second-order valence-electron chi connectivity index (χ2n) is 30.9. The summed E-state index contributed by atoms with van der Waals surface area (Å²) in [4.78, 5) is 16.2. The zero-order valence-electron chi connectivity index (χ0n) is 61.0. The average Bonchev–Trinajstić information content (AvgIpc) is 1.58. The third kappa shape index (κ3) is 9.83. The van der Waals surface area contributed by atoms with Gasteiger partial charge in [-0.1, -0.05) is 230 Å². The van der Waals surface area contributed by atoms with Gasteiger partial charge in [0.15, 0.2) is 17.5 Å². The summed E-state index contributed by atoms with van der Waals surface area (Å²) in [6.45, 7) is 13.9. The van der Waals surface area contributed by atoms with Crippen LogP contribution in [0.2, 0.25) is 0 Å². The summed E-state index contributed by atoms with van der Waals surface area (Å²) in [5, 5.41) is 7.23. The summed E-state index contributed by atoms with van der Waals surface area (Å²) >= 11 is 0. The maximum absolute atomic E-state index is 5.39. The smallest absolute Gasteiger partial charge is 0.164 e. The zero-order valence-corrected chi connectivity index (χ0v) is 61.0. The molecule has 0 N–H and O–H groups in total.